The van der Waals surface area contributed by atoms with Crippen LogP contribution < -0.4 is 10.0 Å². The van der Waals surface area contributed by atoms with Gasteiger partial charge in [0, 0.05) is 11.3 Å². The second kappa shape index (κ2) is 8.78. The molecule has 2 amide bonds. The van der Waals surface area contributed by atoms with Crippen LogP contribution in [0.4, 0.5) is 4.79 Å². The summed E-state index contributed by atoms with van der Waals surface area (Å²) >= 11 is 0. The molecule has 0 aromatic heterocycles. The third kappa shape index (κ3) is 5.03. The van der Waals surface area contributed by atoms with Crippen LogP contribution in [0.15, 0.2) is 64.2 Å². The Balaban J connectivity index is 1.80. The monoisotopic (exact) mass is 414 g/mol. The topological polar surface area (TPSA) is 92.3 Å². The summed E-state index contributed by atoms with van der Waals surface area (Å²) in [6.07, 6.45) is 8.88. The SMILES string of the molecule is C=C1CCCC/C=C2/CCCC2=C1NC(=O)NS(=O)(=O)c1ccc(C(C)=O)cc1. The molecule has 0 radical (unpaired) electrons. The summed E-state index contributed by atoms with van der Waals surface area (Å²) in [6.45, 7) is 5.53. The number of benzene rings is 1. The Morgan fingerprint density at radius 2 is 1.72 bits per heavy atom. The molecule has 2 N–H and O–H groups in total. The standard InChI is InChI=1S/C22H26N2O4S/c1-15-7-4-3-5-8-18-9-6-10-20(18)21(15)23-22(26)24-29(27,28)19-13-11-17(12-14-19)16(2)25/h8,11-14H,1,3-7,9-10H2,2H3,(H2,23,24,26)/b18-8-,21-20?. The van der Waals surface area contributed by atoms with E-state index in [2.05, 4.69) is 22.7 Å². The number of amides is 2. The molecule has 1 aromatic carbocycles. The van der Waals surface area contributed by atoms with Crippen molar-refractivity contribution in [2.45, 2.75) is 56.8 Å². The lowest BCUT2D eigenvalue weighted by Crippen LogP contribution is -2.39. The van der Waals surface area contributed by atoms with Gasteiger partial charge in [-0.2, -0.15) is 0 Å². The predicted octanol–water partition coefficient (Wildman–Crippen LogP) is 4.37. The fraction of sp³-hybridized carbons (Fsp3) is 0.364. The van der Waals surface area contributed by atoms with E-state index in [-0.39, 0.29) is 10.7 Å². The van der Waals surface area contributed by atoms with Crippen molar-refractivity contribution in [1.82, 2.24) is 10.0 Å². The van der Waals surface area contributed by atoms with Crippen molar-refractivity contribution in [1.29, 1.82) is 0 Å². The number of allylic oxidation sites excluding steroid dienone is 4. The molecule has 6 nitrogen and oxygen atoms in total. The summed E-state index contributed by atoms with van der Waals surface area (Å²) in [5.41, 5.74) is 4.17. The van der Waals surface area contributed by atoms with Gasteiger partial charge in [0.05, 0.1) is 4.90 Å². The second-order valence-corrected chi connectivity index (χ2v) is 9.11. The van der Waals surface area contributed by atoms with Gasteiger partial charge >= 0.3 is 6.03 Å². The van der Waals surface area contributed by atoms with E-state index >= 15 is 0 Å². The first kappa shape index (κ1) is 21.0. The van der Waals surface area contributed by atoms with Crippen LogP contribution in [0.25, 0.3) is 0 Å². The maximum absolute atomic E-state index is 12.5. The van der Waals surface area contributed by atoms with Crippen LogP contribution >= 0.6 is 0 Å². The number of urea groups is 1. The van der Waals surface area contributed by atoms with Crippen LogP contribution in [0.3, 0.4) is 0 Å². The number of ketones is 1. The van der Waals surface area contributed by atoms with E-state index in [9.17, 15) is 18.0 Å². The van der Waals surface area contributed by atoms with Gasteiger partial charge in [0.1, 0.15) is 0 Å². The Morgan fingerprint density at radius 1 is 1.00 bits per heavy atom. The molecular formula is C22H26N2O4S. The highest BCUT2D eigenvalue weighted by Gasteiger charge is 2.24. The molecule has 0 heterocycles. The molecule has 0 spiro atoms. The van der Waals surface area contributed by atoms with E-state index in [1.165, 1.54) is 36.8 Å². The largest absolute Gasteiger partial charge is 0.333 e. The molecule has 0 aliphatic heterocycles. The molecule has 0 atom stereocenters. The summed E-state index contributed by atoms with van der Waals surface area (Å²) in [5.74, 6) is -0.160. The van der Waals surface area contributed by atoms with Gasteiger partial charge in [-0.1, -0.05) is 24.8 Å². The Bertz CT molecular complexity index is 1000. The minimum absolute atomic E-state index is 0.0787. The summed E-state index contributed by atoms with van der Waals surface area (Å²) in [6, 6.07) is 4.66. The second-order valence-electron chi connectivity index (χ2n) is 7.43. The third-order valence-electron chi connectivity index (χ3n) is 5.28. The maximum Gasteiger partial charge on any atom is 0.333 e. The van der Waals surface area contributed by atoms with E-state index in [0.717, 1.165) is 56.1 Å². The highest BCUT2D eigenvalue weighted by molar-refractivity contribution is 7.90. The summed E-state index contributed by atoms with van der Waals surface area (Å²) in [4.78, 5) is 23.8. The summed E-state index contributed by atoms with van der Waals surface area (Å²) < 4.78 is 27.2. The minimum atomic E-state index is -4.06. The van der Waals surface area contributed by atoms with Gasteiger partial charge in [0.15, 0.2) is 5.78 Å². The normalized spacial score (nSPS) is 19.3. The summed E-state index contributed by atoms with van der Waals surface area (Å²) in [5, 5.41) is 2.75. The van der Waals surface area contributed by atoms with Crippen molar-refractivity contribution in [3.63, 3.8) is 0 Å². The molecule has 2 aliphatic rings. The van der Waals surface area contributed by atoms with Crippen LogP contribution in [0.5, 0.6) is 0 Å². The van der Waals surface area contributed by atoms with Crippen molar-refractivity contribution in [2.75, 3.05) is 0 Å². The van der Waals surface area contributed by atoms with Crippen LogP contribution in [0, 0.1) is 0 Å². The predicted molar refractivity (Wildman–Crippen MR) is 112 cm³/mol. The molecular weight excluding hydrogens is 388 g/mol. The number of hydrogen-bond acceptors (Lipinski definition) is 4. The van der Waals surface area contributed by atoms with Crippen LogP contribution in [-0.2, 0) is 10.0 Å². The lowest BCUT2D eigenvalue weighted by molar-refractivity contribution is 0.101. The van der Waals surface area contributed by atoms with E-state index < -0.39 is 16.1 Å². The molecule has 1 saturated carbocycles. The number of fused-ring (bicyclic) bond motifs is 1. The lowest BCUT2D eigenvalue weighted by atomic mass is 10.0. The van der Waals surface area contributed by atoms with Crippen molar-refractivity contribution < 1.29 is 18.0 Å². The Morgan fingerprint density at radius 3 is 2.41 bits per heavy atom. The number of carbonyl (C=O) groups is 2. The van der Waals surface area contributed by atoms with Gasteiger partial charge < -0.3 is 5.32 Å². The fourth-order valence-corrected chi connectivity index (χ4v) is 4.64. The van der Waals surface area contributed by atoms with Gasteiger partial charge in [0.25, 0.3) is 10.0 Å². The molecule has 1 fully saturated rings. The molecule has 1 aromatic rings. The zero-order valence-corrected chi connectivity index (χ0v) is 17.4. The Labute approximate surface area is 171 Å². The number of nitrogens with one attached hydrogen (secondary N) is 2. The maximum atomic E-state index is 12.5. The quantitative estimate of drug-likeness (QED) is 0.716. The van der Waals surface area contributed by atoms with E-state index in [4.69, 9.17) is 0 Å². The van der Waals surface area contributed by atoms with Crippen LogP contribution in [0.1, 0.15) is 62.2 Å². The number of rotatable bonds is 4. The molecule has 0 unspecified atom stereocenters. The van der Waals surface area contributed by atoms with Gasteiger partial charge in [-0.15, -0.1) is 0 Å². The average Bonchev–Trinajstić information content (AvgIpc) is 3.14. The lowest BCUT2D eigenvalue weighted by Gasteiger charge is -2.17. The van der Waals surface area contributed by atoms with E-state index in [1.54, 1.807) is 0 Å². The number of hydrogen-bond donors (Lipinski definition) is 2. The minimum Gasteiger partial charge on any atom is -0.307 e. The van der Waals surface area contributed by atoms with Crippen molar-refractivity contribution in [3.8, 4) is 0 Å². The molecule has 29 heavy (non-hydrogen) atoms. The number of sulfonamides is 1. The molecule has 154 valence electrons. The molecule has 7 heteroatoms. The van der Waals surface area contributed by atoms with E-state index in [0.29, 0.717) is 11.3 Å². The fourth-order valence-electron chi connectivity index (χ4n) is 3.73. The third-order valence-corrected chi connectivity index (χ3v) is 6.62. The van der Waals surface area contributed by atoms with Gasteiger partial charge in [0.2, 0.25) is 0 Å². The highest BCUT2D eigenvalue weighted by Crippen LogP contribution is 2.36. The number of Topliss-reactive ketones (excluding diaryl/α,β-unsaturated/α-hetero) is 1. The highest BCUT2D eigenvalue weighted by atomic mass is 32.2. The van der Waals surface area contributed by atoms with Gasteiger partial charge in [-0.3, -0.25) is 4.79 Å². The Kier molecular flexibility index (Phi) is 6.37. The molecule has 2 aliphatic carbocycles. The Hall–Kier alpha value is -2.67. The van der Waals surface area contributed by atoms with Gasteiger partial charge in [-0.05, 0) is 80.7 Å². The number of carbonyl (C=O) groups excluding carboxylic acids is 2. The summed E-state index contributed by atoms with van der Waals surface area (Å²) in [7, 11) is -4.06. The zero-order chi connectivity index (χ0) is 21.0. The molecule has 0 bridgehead atoms. The van der Waals surface area contributed by atoms with Crippen molar-refractivity contribution >= 4 is 21.8 Å². The molecule has 0 saturated heterocycles. The van der Waals surface area contributed by atoms with E-state index in [1.807, 2.05) is 0 Å². The average molecular weight is 415 g/mol. The zero-order valence-electron chi connectivity index (χ0n) is 16.6. The van der Waals surface area contributed by atoms with Gasteiger partial charge in [-0.25, -0.2) is 17.9 Å². The molecule has 3 rings (SSSR count). The first-order chi connectivity index (χ1) is 13.8. The first-order valence-corrected chi connectivity index (χ1v) is 11.3. The first-order valence-electron chi connectivity index (χ1n) is 9.83. The van der Waals surface area contributed by atoms with Crippen molar-refractivity contribution in [3.05, 3.63) is 64.9 Å². The van der Waals surface area contributed by atoms with Crippen LogP contribution in [-0.4, -0.2) is 20.2 Å². The van der Waals surface area contributed by atoms with Crippen molar-refractivity contribution in [2.24, 2.45) is 0 Å². The smallest absolute Gasteiger partial charge is 0.307 e. The van der Waals surface area contributed by atoms with Crippen LogP contribution in [0.2, 0.25) is 0 Å².